The van der Waals surface area contributed by atoms with Crippen LogP contribution >= 0.6 is 11.6 Å². The minimum absolute atomic E-state index is 0.0681. The second kappa shape index (κ2) is 9.91. The number of aryl methyl sites for hydroxylation is 2. The smallest absolute Gasteiger partial charge is 0.277 e. The first-order valence-corrected chi connectivity index (χ1v) is 10.2. The van der Waals surface area contributed by atoms with Gasteiger partial charge in [-0.15, -0.1) is 0 Å². The largest absolute Gasteiger partial charge is 0.492 e. The van der Waals surface area contributed by atoms with Crippen LogP contribution in [0.25, 0.3) is 11.4 Å². The maximum atomic E-state index is 13.8. The van der Waals surface area contributed by atoms with Gasteiger partial charge in [-0.3, -0.25) is 19.3 Å². The second-order valence-corrected chi connectivity index (χ2v) is 7.48. The van der Waals surface area contributed by atoms with Crippen molar-refractivity contribution >= 4 is 17.4 Å². The fraction of sp³-hybridized carbons (Fsp3) is 0.261. The molecule has 168 valence electrons. The fourth-order valence-corrected chi connectivity index (χ4v) is 3.18. The predicted molar refractivity (Wildman–Crippen MR) is 118 cm³/mol. The minimum Gasteiger partial charge on any atom is -0.492 e. The highest BCUT2D eigenvalue weighted by molar-refractivity contribution is 6.31. The van der Waals surface area contributed by atoms with Crippen LogP contribution in [0.1, 0.15) is 36.0 Å². The lowest BCUT2D eigenvalue weighted by molar-refractivity contribution is 0.277. The Morgan fingerprint density at radius 1 is 1.19 bits per heavy atom. The van der Waals surface area contributed by atoms with Crippen molar-refractivity contribution in [2.24, 2.45) is 0 Å². The van der Waals surface area contributed by atoms with Crippen LogP contribution in [0.15, 0.2) is 42.0 Å². The Morgan fingerprint density at radius 3 is 2.62 bits per heavy atom. The van der Waals surface area contributed by atoms with E-state index < -0.39 is 17.2 Å². The van der Waals surface area contributed by atoms with E-state index in [2.05, 4.69) is 16.5 Å². The highest BCUT2D eigenvalue weighted by Crippen LogP contribution is 2.26. The van der Waals surface area contributed by atoms with E-state index in [0.29, 0.717) is 35.5 Å². The van der Waals surface area contributed by atoms with Gasteiger partial charge < -0.3 is 9.47 Å². The number of halogens is 3. The molecule has 0 N–H and O–H groups in total. The molecule has 9 heteroatoms. The predicted octanol–water partition coefficient (Wildman–Crippen LogP) is 5.15. The summed E-state index contributed by atoms with van der Waals surface area (Å²) in [6, 6.07) is 3.97. The first-order chi connectivity index (χ1) is 15.2. The van der Waals surface area contributed by atoms with E-state index in [-0.39, 0.29) is 23.1 Å². The molecule has 3 heterocycles. The summed E-state index contributed by atoms with van der Waals surface area (Å²) in [6.07, 6.45) is 3.33. The van der Waals surface area contributed by atoms with E-state index in [9.17, 15) is 13.6 Å². The van der Waals surface area contributed by atoms with E-state index in [1.807, 2.05) is 13.8 Å². The molecule has 0 amide bonds. The molecule has 0 aromatic carbocycles. The van der Waals surface area contributed by atoms with Crippen LogP contribution in [0.5, 0.6) is 5.75 Å². The second-order valence-electron chi connectivity index (χ2n) is 7.10. The summed E-state index contributed by atoms with van der Waals surface area (Å²) < 4.78 is 39.3. The fourth-order valence-electron chi connectivity index (χ4n) is 2.99. The third kappa shape index (κ3) is 4.96. The van der Waals surface area contributed by atoms with Crippen LogP contribution in [0.3, 0.4) is 0 Å². The molecule has 0 saturated carbocycles. The van der Waals surface area contributed by atoms with Gasteiger partial charge in [0.2, 0.25) is 0 Å². The van der Waals surface area contributed by atoms with Gasteiger partial charge in [-0.05, 0) is 31.9 Å². The summed E-state index contributed by atoms with van der Waals surface area (Å²) >= 11 is 6.28. The number of nitrogens with zero attached hydrogens (tertiary/aromatic N) is 3. The normalized spacial score (nSPS) is 10.8. The minimum atomic E-state index is -0.850. The highest BCUT2D eigenvalue weighted by Gasteiger charge is 2.17. The Labute approximate surface area is 189 Å². The number of ether oxygens (including phenoxy) is 2. The van der Waals surface area contributed by atoms with Gasteiger partial charge in [0.05, 0.1) is 18.5 Å². The maximum Gasteiger partial charge on any atom is 0.277 e. The SMILES string of the molecule is C=C(OCCC)c1cc(-n2c(C)cc(OCc3ncc(F)cc3F)c(Cl)c2=O)c(C)cn1. The van der Waals surface area contributed by atoms with Crippen molar-refractivity contribution in [1.82, 2.24) is 14.5 Å². The maximum absolute atomic E-state index is 13.8. The standard InChI is InChI=1S/C23H22ClF2N3O3/c1-5-6-31-15(4)18-9-20(13(2)10-27-18)29-14(3)7-21(22(24)23(29)30)32-12-19-17(26)8-16(25)11-28-19/h7-11H,4-6,12H2,1-3H3. The molecular formula is C23H22ClF2N3O3. The Morgan fingerprint density at radius 2 is 1.94 bits per heavy atom. The molecule has 0 aliphatic heterocycles. The van der Waals surface area contributed by atoms with Crippen LogP contribution in [-0.4, -0.2) is 21.1 Å². The average molecular weight is 462 g/mol. The molecule has 0 spiro atoms. The van der Waals surface area contributed by atoms with Crippen molar-refractivity contribution in [2.45, 2.75) is 33.8 Å². The molecule has 0 fully saturated rings. The molecule has 6 nitrogen and oxygen atoms in total. The van der Waals surface area contributed by atoms with Gasteiger partial charge in [0, 0.05) is 24.0 Å². The highest BCUT2D eigenvalue weighted by atomic mass is 35.5. The zero-order valence-electron chi connectivity index (χ0n) is 17.9. The van der Waals surface area contributed by atoms with Crippen molar-refractivity contribution in [2.75, 3.05) is 6.61 Å². The molecule has 0 unspecified atom stereocenters. The Bertz CT molecular complexity index is 1230. The van der Waals surface area contributed by atoms with Crippen molar-refractivity contribution < 1.29 is 18.3 Å². The molecule has 0 saturated heterocycles. The summed E-state index contributed by atoms with van der Waals surface area (Å²) in [5.41, 5.74) is 1.71. The number of pyridine rings is 3. The van der Waals surface area contributed by atoms with Gasteiger partial charge in [0.1, 0.15) is 40.3 Å². The van der Waals surface area contributed by atoms with Gasteiger partial charge in [-0.1, -0.05) is 25.1 Å². The van der Waals surface area contributed by atoms with Crippen molar-refractivity contribution in [3.63, 3.8) is 0 Å². The zero-order valence-corrected chi connectivity index (χ0v) is 18.7. The molecule has 32 heavy (non-hydrogen) atoms. The van der Waals surface area contributed by atoms with Crippen LogP contribution in [0.4, 0.5) is 8.78 Å². The van der Waals surface area contributed by atoms with Gasteiger partial charge in [0.25, 0.3) is 5.56 Å². The van der Waals surface area contributed by atoms with Crippen LogP contribution in [0.2, 0.25) is 5.02 Å². The number of hydrogen-bond acceptors (Lipinski definition) is 5. The molecular weight excluding hydrogens is 440 g/mol. The molecule has 0 aliphatic rings. The van der Waals surface area contributed by atoms with Gasteiger partial charge >= 0.3 is 0 Å². The number of hydrogen-bond donors (Lipinski definition) is 0. The van der Waals surface area contributed by atoms with Crippen LogP contribution < -0.4 is 10.3 Å². The molecule has 0 radical (unpaired) electrons. The lowest BCUT2D eigenvalue weighted by Gasteiger charge is -2.17. The quantitative estimate of drug-likeness (QED) is 0.434. The van der Waals surface area contributed by atoms with Gasteiger partial charge in [-0.2, -0.15) is 0 Å². The first kappa shape index (κ1) is 23.4. The number of rotatable bonds is 8. The van der Waals surface area contributed by atoms with Crippen LogP contribution in [-0.2, 0) is 11.3 Å². The molecule has 0 atom stereocenters. The summed E-state index contributed by atoms with van der Waals surface area (Å²) in [6.45, 7) is 9.59. The van der Waals surface area contributed by atoms with E-state index in [1.165, 1.54) is 4.57 Å². The molecule has 0 bridgehead atoms. The van der Waals surface area contributed by atoms with E-state index in [4.69, 9.17) is 21.1 Å². The molecule has 0 aliphatic carbocycles. The Balaban J connectivity index is 1.95. The van der Waals surface area contributed by atoms with E-state index >= 15 is 0 Å². The van der Waals surface area contributed by atoms with Crippen molar-refractivity contribution in [3.05, 3.63) is 86.8 Å². The Kier molecular flexibility index (Phi) is 7.25. The topological polar surface area (TPSA) is 66.2 Å². The van der Waals surface area contributed by atoms with Crippen molar-refractivity contribution in [1.29, 1.82) is 0 Å². The summed E-state index contributed by atoms with van der Waals surface area (Å²) in [5.74, 6) is -1.17. The van der Waals surface area contributed by atoms with Crippen molar-refractivity contribution in [3.8, 4) is 11.4 Å². The monoisotopic (exact) mass is 461 g/mol. The van der Waals surface area contributed by atoms with E-state index in [1.54, 1.807) is 25.3 Å². The lowest BCUT2D eigenvalue weighted by atomic mass is 10.2. The van der Waals surface area contributed by atoms with Crippen LogP contribution in [0, 0.1) is 25.5 Å². The molecule has 3 rings (SSSR count). The third-order valence-corrected chi connectivity index (χ3v) is 4.98. The third-order valence-electron chi connectivity index (χ3n) is 4.63. The van der Waals surface area contributed by atoms with E-state index in [0.717, 1.165) is 18.2 Å². The molecule has 3 aromatic heterocycles. The lowest BCUT2D eigenvalue weighted by Crippen LogP contribution is -2.23. The summed E-state index contributed by atoms with van der Waals surface area (Å²) in [7, 11) is 0. The Hall–Kier alpha value is -3.26. The van der Waals surface area contributed by atoms with Gasteiger partial charge in [-0.25, -0.2) is 8.78 Å². The van der Waals surface area contributed by atoms with Gasteiger partial charge in [0.15, 0.2) is 5.82 Å². The number of aromatic nitrogens is 3. The summed E-state index contributed by atoms with van der Waals surface area (Å²) in [4.78, 5) is 21.1. The molecule has 3 aromatic rings. The average Bonchev–Trinajstić information content (AvgIpc) is 2.75. The first-order valence-electron chi connectivity index (χ1n) is 9.86. The zero-order chi connectivity index (χ0) is 23.4. The summed E-state index contributed by atoms with van der Waals surface area (Å²) in [5, 5.41) is -0.183.